The molecule has 0 amide bonds. The molecule has 0 aliphatic carbocycles. The van der Waals surface area contributed by atoms with Crippen LogP contribution in [0.5, 0.6) is 5.75 Å². The summed E-state index contributed by atoms with van der Waals surface area (Å²) in [4.78, 5) is 0. The molecule has 1 aromatic carbocycles. The minimum atomic E-state index is 0.835. The molecule has 1 heterocycles. The standard InChI is InChI=1S/C18H28O2/c1-2-16-8-10-18(11-9-16)20-14-5-7-17-6-3-4-13-19-15-12-17/h8-11,17H,2-7,12-15H2,1H3. The van der Waals surface area contributed by atoms with Crippen LogP contribution in [-0.4, -0.2) is 19.8 Å². The molecular formula is C18H28O2. The van der Waals surface area contributed by atoms with Crippen molar-refractivity contribution < 1.29 is 9.47 Å². The summed E-state index contributed by atoms with van der Waals surface area (Å²) in [6.45, 7) is 4.92. The Morgan fingerprint density at radius 3 is 2.75 bits per heavy atom. The van der Waals surface area contributed by atoms with E-state index in [1.807, 2.05) is 0 Å². The predicted molar refractivity (Wildman–Crippen MR) is 83.3 cm³/mol. The van der Waals surface area contributed by atoms with Crippen LogP contribution in [0.2, 0.25) is 0 Å². The van der Waals surface area contributed by atoms with Crippen molar-refractivity contribution >= 4 is 0 Å². The lowest BCUT2D eigenvalue weighted by molar-refractivity contribution is 0.0970. The van der Waals surface area contributed by atoms with Gasteiger partial charge in [-0.1, -0.05) is 31.9 Å². The van der Waals surface area contributed by atoms with Crippen LogP contribution in [0.1, 0.15) is 51.0 Å². The molecule has 2 nitrogen and oxygen atoms in total. The topological polar surface area (TPSA) is 18.5 Å². The maximum Gasteiger partial charge on any atom is 0.119 e. The largest absolute Gasteiger partial charge is 0.494 e. The Labute approximate surface area is 123 Å². The molecule has 0 aromatic heterocycles. The van der Waals surface area contributed by atoms with Gasteiger partial charge in [0.1, 0.15) is 5.75 Å². The molecule has 1 atom stereocenters. The Bertz CT molecular complexity index is 350. The van der Waals surface area contributed by atoms with Crippen LogP contribution in [0.4, 0.5) is 0 Å². The highest BCUT2D eigenvalue weighted by molar-refractivity contribution is 5.27. The molecule has 1 aromatic rings. The first kappa shape index (κ1) is 15.4. The van der Waals surface area contributed by atoms with E-state index in [0.29, 0.717) is 0 Å². The Balaban J connectivity index is 1.62. The van der Waals surface area contributed by atoms with Gasteiger partial charge < -0.3 is 9.47 Å². The van der Waals surface area contributed by atoms with E-state index in [0.717, 1.165) is 44.3 Å². The van der Waals surface area contributed by atoms with Gasteiger partial charge in [0, 0.05) is 13.2 Å². The molecule has 2 heteroatoms. The van der Waals surface area contributed by atoms with Gasteiger partial charge in [0.2, 0.25) is 0 Å². The lowest BCUT2D eigenvalue weighted by Gasteiger charge is -2.19. The summed E-state index contributed by atoms with van der Waals surface area (Å²) in [5.41, 5.74) is 1.37. The molecule has 1 saturated heterocycles. The fraction of sp³-hybridized carbons (Fsp3) is 0.667. The molecule has 20 heavy (non-hydrogen) atoms. The fourth-order valence-corrected chi connectivity index (χ4v) is 2.81. The number of rotatable bonds is 6. The average molecular weight is 276 g/mol. The number of hydrogen-bond donors (Lipinski definition) is 0. The van der Waals surface area contributed by atoms with Crippen LogP contribution in [0.3, 0.4) is 0 Å². The SMILES string of the molecule is CCc1ccc(OCCCC2CCCCOCC2)cc1. The molecule has 112 valence electrons. The van der Waals surface area contributed by atoms with Crippen molar-refractivity contribution in [3.8, 4) is 5.75 Å². The van der Waals surface area contributed by atoms with Crippen LogP contribution in [-0.2, 0) is 11.2 Å². The van der Waals surface area contributed by atoms with E-state index in [2.05, 4.69) is 31.2 Å². The number of hydrogen-bond acceptors (Lipinski definition) is 2. The third kappa shape index (κ3) is 5.54. The van der Waals surface area contributed by atoms with Crippen molar-refractivity contribution in [1.82, 2.24) is 0 Å². The summed E-state index contributed by atoms with van der Waals surface area (Å²) >= 11 is 0. The Kier molecular flexibility index (Phi) is 6.93. The normalized spacial score (nSPS) is 20.1. The van der Waals surface area contributed by atoms with Gasteiger partial charge in [-0.05, 0) is 55.7 Å². The summed E-state index contributed by atoms with van der Waals surface area (Å²) in [5.74, 6) is 1.84. The fourth-order valence-electron chi connectivity index (χ4n) is 2.81. The molecule has 1 fully saturated rings. The van der Waals surface area contributed by atoms with E-state index in [-0.39, 0.29) is 0 Å². The second kappa shape index (κ2) is 9.02. The molecule has 1 unspecified atom stereocenters. The zero-order valence-electron chi connectivity index (χ0n) is 12.8. The Morgan fingerprint density at radius 2 is 1.95 bits per heavy atom. The lowest BCUT2D eigenvalue weighted by Crippen LogP contribution is -2.11. The monoisotopic (exact) mass is 276 g/mol. The minimum Gasteiger partial charge on any atom is -0.494 e. The summed E-state index contributed by atoms with van der Waals surface area (Å²) in [6, 6.07) is 8.48. The third-order valence-electron chi connectivity index (χ3n) is 4.18. The van der Waals surface area contributed by atoms with Gasteiger partial charge in [-0.15, -0.1) is 0 Å². The summed E-state index contributed by atoms with van der Waals surface area (Å²) in [6.07, 6.45) is 8.67. The van der Waals surface area contributed by atoms with Gasteiger partial charge >= 0.3 is 0 Å². The van der Waals surface area contributed by atoms with E-state index in [1.165, 1.54) is 37.7 Å². The van der Waals surface area contributed by atoms with Crippen LogP contribution in [0, 0.1) is 5.92 Å². The first-order valence-electron chi connectivity index (χ1n) is 8.18. The van der Waals surface area contributed by atoms with Crippen LogP contribution >= 0.6 is 0 Å². The second-order valence-corrected chi connectivity index (χ2v) is 5.75. The third-order valence-corrected chi connectivity index (χ3v) is 4.18. The first-order chi connectivity index (χ1) is 9.88. The highest BCUT2D eigenvalue weighted by Gasteiger charge is 2.11. The van der Waals surface area contributed by atoms with E-state index < -0.39 is 0 Å². The zero-order valence-corrected chi connectivity index (χ0v) is 12.8. The number of benzene rings is 1. The van der Waals surface area contributed by atoms with Crippen molar-refractivity contribution in [2.75, 3.05) is 19.8 Å². The van der Waals surface area contributed by atoms with E-state index in [9.17, 15) is 0 Å². The Morgan fingerprint density at radius 1 is 1.10 bits per heavy atom. The molecular weight excluding hydrogens is 248 g/mol. The highest BCUT2D eigenvalue weighted by atomic mass is 16.5. The minimum absolute atomic E-state index is 0.835. The van der Waals surface area contributed by atoms with Crippen LogP contribution in [0.15, 0.2) is 24.3 Å². The number of aryl methyl sites for hydroxylation is 1. The molecule has 1 aliphatic heterocycles. The van der Waals surface area contributed by atoms with Crippen molar-refractivity contribution in [2.24, 2.45) is 5.92 Å². The van der Waals surface area contributed by atoms with E-state index in [1.54, 1.807) is 0 Å². The smallest absolute Gasteiger partial charge is 0.119 e. The van der Waals surface area contributed by atoms with Crippen molar-refractivity contribution in [2.45, 2.75) is 51.9 Å². The number of ether oxygens (including phenoxy) is 2. The van der Waals surface area contributed by atoms with E-state index >= 15 is 0 Å². The molecule has 2 rings (SSSR count). The van der Waals surface area contributed by atoms with Gasteiger partial charge in [0.25, 0.3) is 0 Å². The summed E-state index contributed by atoms with van der Waals surface area (Å²) < 4.78 is 11.4. The van der Waals surface area contributed by atoms with Crippen LogP contribution < -0.4 is 4.74 Å². The second-order valence-electron chi connectivity index (χ2n) is 5.75. The van der Waals surface area contributed by atoms with Crippen molar-refractivity contribution in [3.63, 3.8) is 0 Å². The molecule has 0 saturated carbocycles. The van der Waals surface area contributed by atoms with Gasteiger partial charge in [-0.2, -0.15) is 0 Å². The van der Waals surface area contributed by atoms with Gasteiger partial charge in [0.15, 0.2) is 0 Å². The molecule has 0 bridgehead atoms. The van der Waals surface area contributed by atoms with Crippen molar-refractivity contribution in [3.05, 3.63) is 29.8 Å². The van der Waals surface area contributed by atoms with E-state index in [4.69, 9.17) is 9.47 Å². The average Bonchev–Trinajstić information content (AvgIpc) is 2.46. The molecule has 0 spiro atoms. The maximum absolute atomic E-state index is 5.82. The van der Waals surface area contributed by atoms with Gasteiger partial charge in [-0.3, -0.25) is 0 Å². The quantitative estimate of drug-likeness (QED) is 0.706. The summed E-state index contributed by atoms with van der Waals surface area (Å²) in [7, 11) is 0. The molecule has 0 radical (unpaired) electrons. The van der Waals surface area contributed by atoms with Gasteiger partial charge in [-0.25, -0.2) is 0 Å². The summed E-state index contributed by atoms with van der Waals surface area (Å²) in [5, 5.41) is 0. The highest BCUT2D eigenvalue weighted by Crippen LogP contribution is 2.21. The van der Waals surface area contributed by atoms with Crippen LogP contribution in [0.25, 0.3) is 0 Å². The van der Waals surface area contributed by atoms with Gasteiger partial charge in [0.05, 0.1) is 6.61 Å². The zero-order chi connectivity index (χ0) is 14.0. The lowest BCUT2D eigenvalue weighted by atomic mass is 9.93. The molecule has 1 aliphatic rings. The first-order valence-corrected chi connectivity index (χ1v) is 8.18. The predicted octanol–water partition coefficient (Wildman–Crippen LogP) is 4.61. The maximum atomic E-state index is 5.82. The molecule has 0 N–H and O–H groups in total. The Hall–Kier alpha value is -1.02. The van der Waals surface area contributed by atoms with Crippen molar-refractivity contribution in [1.29, 1.82) is 0 Å².